The number of nitrogens with one attached hydrogen (secondary N) is 1. The third-order valence-electron chi connectivity index (χ3n) is 6.96. The van der Waals surface area contributed by atoms with Crippen LogP contribution in [0.3, 0.4) is 0 Å². The number of halogens is 1. The van der Waals surface area contributed by atoms with Gasteiger partial charge < -0.3 is 10.2 Å². The first-order chi connectivity index (χ1) is 18.1. The van der Waals surface area contributed by atoms with Crippen molar-refractivity contribution in [3.63, 3.8) is 0 Å². The molecule has 38 heavy (non-hydrogen) atoms. The van der Waals surface area contributed by atoms with Crippen molar-refractivity contribution in [1.82, 2.24) is 14.5 Å². The van der Waals surface area contributed by atoms with Crippen LogP contribution in [0.25, 0.3) is 0 Å². The molecule has 10 heteroatoms. The summed E-state index contributed by atoms with van der Waals surface area (Å²) in [5.74, 6) is -1.23. The zero-order chi connectivity index (χ0) is 27.7. The van der Waals surface area contributed by atoms with E-state index >= 15 is 0 Å². The Hall–Kier alpha value is -2.98. The molecule has 1 saturated carbocycles. The third-order valence-corrected chi connectivity index (χ3v) is 8.77. The lowest BCUT2D eigenvalue weighted by molar-refractivity contribution is -0.140. The highest BCUT2D eigenvalue weighted by Crippen LogP contribution is 2.22. The lowest BCUT2D eigenvalue weighted by Crippen LogP contribution is -2.55. The van der Waals surface area contributed by atoms with Gasteiger partial charge in [-0.15, -0.1) is 0 Å². The van der Waals surface area contributed by atoms with Gasteiger partial charge in [-0.2, -0.15) is 12.7 Å². The van der Waals surface area contributed by atoms with Crippen LogP contribution < -0.4 is 9.62 Å². The molecule has 0 radical (unpaired) electrons. The van der Waals surface area contributed by atoms with Crippen LogP contribution in [-0.2, 0) is 26.2 Å². The minimum absolute atomic E-state index is 0.0845. The van der Waals surface area contributed by atoms with Crippen LogP contribution in [0.5, 0.6) is 0 Å². The largest absolute Gasteiger partial charge is 0.352 e. The van der Waals surface area contributed by atoms with Crippen LogP contribution in [0, 0.1) is 5.82 Å². The van der Waals surface area contributed by atoms with Crippen molar-refractivity contribution in [3.05, 3.63) is 66.0 Å². The molecule has 0 saturated heterocycles. The van der Waals surface area contributed by atoms with E-state index in [2.05, 4.69) is 5.32 Å². The van der Waals surface area contributed by atoms with E-state index in [1.807, 2.05) is 37.3 Å². The summed E-state index contributed by atoms with van der Waals surface area (Å²) in [7, 11) is -1.34. The zero-order valence-corrected chi connectivity index (χ0v) is 23.3. The summed E-state index contributed by atoms with van der Waals surface area (Å²) in [4.78, 5) is 28.7. The summed E-state index contributed by atoms with van der Waals surface area (Å²) in [6.07, 6.45) is 6.01. The molecule has 3 rings (SSSR count). The average molecular weight is 547 g/mol. The van der Waals surface area contributed by atoms with E-state index in [-0.39, 0.29) is 24.2 Å². The molecule has 1 atom stereocenters. The smallest absolute Gasteiger partial charge is 0.304 e. The summed E-state index contributed by atoms with van der Waals surface area (Å²) in [6, 6.07) is 13.9. The fourth-order valence-corrected chi connectivity index (χ4v) is 5.82. The molecule has 2 aromatic rings. The summed E-state index contributed by atoms with van der Waals surface area (Å²) < 4.78 is 41.9. The number of nitrogens with zero attached hydrogens (tertiary/aromatic N) is 3. The molecular formula is C28H39FN4O4S. The molecular weight excluding hydrogens is 507 g/mol. The van der Waals surface area contributed by atoms with Gasteiger partial charge in [0.2, 0.25) is 11.8 Å². The Labute approximate surface area is 226 Å². The molecule has 0 aliphatic heterocycles. The Bertz CT molecular complexity index is 1150. The zero-order valence-electron chi connectivity index (χ0n) is 22.5. The maximum Gasteiger partial charge on any atom is 0.304 e. The standard InChI is InChI=1S/C28H39FN4O4S/c1-4-26(28(35)30-24-13-9-6-10-14-24)32(20-19-22-11-7-5-8-12-22)27(34)21-33(38(36,37)31(2)3)25-17-15-23(29)16-18-25/h5,7-8,11-12,15-18,24,26H,4,6,9-10,13-14,19-21H2,1-3H3,(H,30,35). The number of amides is 2. The quantitative estimate of drug-likeness (QED) is 0.439. The first kappa shape index (κ1) is 29.6. The summed E-state index contributed by atoms with van der Waals surface area (Å²) >= 11 is 0. The maximum absolute atomic E-state index is 13.8. The van der Waals surface area contributed by atoms with Gasteiger partial charge in [0.05, 0.1) is 5.69 Å². The number of hydrogen-bond acceptors (Lipinski definition) is 4. The molecule has 208 valence electrons. The first-order valence-corrected chi connectivity index (χ1v) is 14.6. The van der Waals surface area contributed by atoms with Gasteiger partial charge in [-0.25, -0.2) is 8.70 Å². The molecule has 1 fully saturated rings. The number of benzene rings is 2. The van der Waals surface area contributed by atoms with Crippen LogP contribution in [-0.4, -0.2) is 68.7 Å². The van der Waals surface area contributed by atoms with Crippen molar-refractivity contribution in [1.29, 1.82) is 0 Å². The van der Waals surface area contributed by atoms with Gasteiger partial charge in [-0.1, -0.05) is 56.5 Å². The first-order valence-electron chi connectivity index (χ1n) is 13.2. The second-order valence-electron chi connectivity index (χ2n) is 9.86. The minimum Gasteiger partial charge on any atom is -0.352 e. The van der Waals surface area contributed by atoms with E-state index in [9.17, 15) is 22.4 Å². The molecule has 8 nitrogen and oxygen atoms in total. The molecule has 2 aromatic carbocycles. The highest BCUT2D eigenvalue weighted by atomic mass is 32.2. The number of carbonyl (C=O) groups excluding carboxylic acids is 2. The van der Waals surface area contributed by atoms with E-state index in [4.69, 9.17) is 0 Å². The van der Waals surface area contributed by atoms with E-state index in [1.165, 1.54) is 31.1 Å². The van der Waals surface area contributed by atoms with E-state index in [1.54, 1.807) is 0 Å². The van der Waals surface area contributed by atoms with Crippen molar-refractivity contribution in [2.45, 2.75) is 64.0 Å². The van der Waals surface area contributed by atoms with Crippen molar-refractivity contribution in [2.75, 3.05) is 31.5 Å². The number of hydrogen-bond donors (Lipinski definition) is 1. The molecule has 1 unspecified atom stereocenters. The highest BCUT2D eigenvalue weighted by molar-refractivity contribution is 7.90. The average Bonchev–Trinajstić information content (AvgIpc) is 2.91. The van der Waals surface area contributed by atoms with Crippen LogP contribution in [0.2, 0.25) is 0 Å². The van der Waals surface area contributed by atoms with E-state index < -0.39 is 34.5 Å². The fraction of sp³-hybridized carbons (Fsp3) is 0.500. The van der Waals surface area contributed by atoms with Gasteiger partial charge in [-0.3, -0.25) is 9.59 Å². The second-order valence-corrected chi connectivity index (χ2v) is 11.9. The van der Waals surface area contributed by atoms with E-state index in [0.717, 1.165) is 58.4 Å². The monoisotopic (exact) mass is 546 g/mol. The molecule has 2 amide bonds. The predicted molar refractivity (Wildman–Crippen MR) is 147 cm³/mol. The molecule has 0 bridgehead atoms. The minimum atomic E-state index is -4.08. The number of carbonyl (C=O) groups is 2. The highest BCUT2D eigenvalue weighted by Gasteiger charge is 2.34. The predicted octanol–water partition coefficient (Wildman–Crippen LogP) is 3.74. The summed E-state index contributed by atoms with van der Waals surface area (Å²) in [6.45, 7) is 1.58. The lowest BCUT2D eigenvalue weighted by Gasteiger charge is -2.35. The summed E-state index contributed by atoms with van der Waals surface area (Å²) in [5.41, 5.74) is 1.17. The molecule has 1 aliphatic carbocycles. The van der Waals surface area contributed by atoms with Crippen LogP contribution in [0.1, 0.15) is 51.0 Å². The molecule has 0 aromatic heterocycles. The van der Waals surface area contributed by atoms with Gasteiger partial charge in [-0.05, 0) is 55.5 Å². The Morgan fingerprint density at radius 2 is 1.63 bits per heavy atom. The van der Waals surface area contributed by atoms with Gasteiger partial charge in [0, 0.05) is 26.7 Å². The molecule has 0 spiro atoms. The maximum atomic E-state index is 13.8. The SMILES string of the molecule is CCC(C(=O)NC1CCCCC1)N(CCc1ccccc1)C(=O)CN(c1ccc(F)cc1)S(=O)(=O)N(C)C. The van der Waals surface area contributed by atoms with Crippen molar-refractivity contribution < 1.29 is 22.4 Å². The Morgan fingerprint density at radius 3 is 2.21 bits per heavy atom. The Kier molecular flexibility index (Phi) is 10.7. The summed E-state index contributed by atoms with van der Waals surface area (Å²) in [5, 5.41) is 3.13. The number of rotatable bonds is 12. The van der Waals surface area contributed by atoms with Crippen LogP contribution in [0.4, 0.5) is 10.1 Å². The van der Waals surface area contributed by atoms with Gasteiger partial charge >= 0.3 is 10.2 Å². The van der Waals surface area contributed by atoms with Gasteiger partial charge in [0.25, 0.3) is 0 Å². The van der Waals surface area contributed by atoms with E-state index in [0.29, 0.717) is 12.8 Å². The normalized spacial score (nSPS) is 15.2. The molecule has 0 heterocycles. The third kappa shape index (κ3) is 7.77. The Balaban J connectivity index is 1.89. The molecule has 1 aliphatic rings. The van der Waals surface area contributed by atoms with Gasteiger partial charge in [0.1, 0.15) is 18.4 Å². The van der Waals surface area contributed by atoms with Crippen molar-refractivity contribution >= 4 is 27.7 Å². The lowest BCUT2D eigenvalue weighted by atomic mass is 9.95. The van der Waals surface area contributed by atoms with Crippen molar-refractivity contribution in [2.24, 2.45) is 0 Å². The molecule has 1 N–H and O–H groups in total. The fourth-order valence-electron chi connectivity index (χ4n) is 4.76. The Morgan fingerprint density at radius 1 is 1.00 bits per heavy atom. The van der Waals surface area contributed by atoms with Gasteiger partial charge in [0.15, 0.2) is 0 Å². The van der Waals surface area contributed by atoms with Crippen molar-refractivity contribution in [3.8, 4) is 0 Å². The van der Waals surface area contributed by atoms with Crippen LogP contribution >= 0.6 is 0 Å². The number of anilines is 1. The second kappa shape index (κ2) is 13.7. The van der Waals surface area contributed by atoms with Crippen LogP contribution in [0.15, 0.2) is 54.6 Å². The topological polar surface area (TPSA) is 90.0 Å².